The number of carbonyl (C=O) groups is 1. The second-order valence-corrected chi connectivity index (χ2v) is 4.91. The summed E-state index contributed by atoms with van der Waals surface area (Å²) in [5.41, 5.74) is 1.61. The Morgan fingerprint density at radius 1 is 1.47 bits per heavy atom. The van der Waals surface area contributed by atoms with Crippen LogP contribution in [0.25, 0.3) is 0 Å². The van der Waals surface area contributed by atoms with Gasteiger partial charge in [-0.2, -0.15) is 0 Å². The van der Waals surface area contributed by atoms with Gasteiger partial charge in [0.1, 0.15) is 5.15 Å². The van der Waals surface area contributed by atoms with Crippen LogP contribution < -0.4 is 0 Å². The molecule has 0 aliphatic rings. The Morgan fingerprint density at radius 3 is 2.40 bits per heavy atom. The highest BCUT2D eigenvalue weighted by Crippen LogP contribution is 2.27. The van der Waals surface area contributed by atoms with Gasteiger partial charge in [0.25, 0.3) is 0 Å². The minimum absolute atomic E-state index is 0.0537. The van der Waals surface area contributed by atoms with Crippen molar-refractivity contribution in [1.29, 1.82) is 0 Å². The number of hydrogen-bond acceptors (Lipinski definition) is 2. The number of halogens is 1. The quantitative estimate of drug-likeness (QED) is 0.751. The topological polar surface area (TPSA) is 50.2 Å². The van der Waals surface area contributed by atoms with E-state index in [1.165, 1.54) is 0 Å². The Labute approximate surface area is 94.1 Å². The number of nitrogens with zero attached hydrogens (tertiary/aromatic N) is 1. The predicted octanol–water partition coefficient (Wildman–Crippen LogP) is 3.04. The average Bonchev–Trinajstić information content (AvgIpc) is 2.06. The van der Waals surface area contributed by atoms with Crippen LogP contribution in [-0.2, 0) is 5.41 Å². The Kier molecular flexibility index (Phi) is 3.05. The van der Waals surface area contributed by atoms with E-state index in [-0.39, 0.29) is 16.1 Å². The summed E-state index contributed by atoms with van der Waals surface area (Å²) in [6.45, 7) is 7.88. The van der Waals surface area contributed by atoms with E-state index in [4.69, 9.17) is 16.7 Å². The van der Waals surface area contributed by atoms with Crippen LogP contribution in [0.4, 0.5) is 0 Å². The molecule has 0 aliphatic heterocycles. The lowest BCUT2D eigenvalue weighted by atomic mass is 9.88. The molecule has 0 aliphatic carbocycles. The summed E-state index contributed by atoms with van der Waals surface area (Å²) in [7, 11) is 0. The van der Waals surface area contributed by atoms with Crippen molar-refractivity contribution in [3.63, 3.8) is 0 Å². The molecule has 0 saturated heterocycles. The average molecular weight is 228 g/mol. The molecule has 1 heterocycles. The van der Waals surface area contributed by atoms with Crippen molar-refractivity contribution in [3.05, 3.63) is 28.0 Å². The lowest BCUT2D eigenvalue weighted by Gasteiger charge is -2.20. The Bertz CT molecular complexity index is 408. The fraction of sp³-hybridized carbons (Fsp3) is 0.455. The van der Waals surface area contributed by atoms with E-state index < -0.39 is 5.97 Å². The van der Waals surface area contributed by atoms with Crippen molar-refractivity contribution in [2.45, 2.75) is 33.1 Å². The zero-order valence-corrected chi connectivity index (χ0v) is 10.0. The minimum Gasteiger partial charge on any atom is -0.478 e. The predicted molar refractivity (Wildman–Crippen MR) is 59.6 cm³/mol. The van der Waals surface area contributed by atoms with Gasteiger partial charge < -0.3 is 5.11 Å². The summed E-state index contributed by atoms with van der Waals surface area (Å²) in [4.78, 5) is 15.0. The van der Waals surface area contributed by atoms with Crippen molar-refractivity contribution in [1.82, 2.24) is 4.98 Å². The monoisotopic (exact) mass is 227 g/mol. The van der Waals surface area contributed by atoms with E-state index in [0.717, 1.165) is 11.3 Å². The lowest BCUT2D eigenvalue weighted by Crippen LogP contribution is -2.17. The van der Waals surface area contributed by atoms with E-state index in [1.54, 1.807) is 6.07 Å². The SMILES string of the molecule is Cc1cc(C(=O)O)c(Cl)nc1C(C)(C)C. The molecule has 0 bridgehead atoms. The molecule has 4 heteroatoms. The molecule has 0 atom stereocenters. The molecule has 0 unspecified atom stereocenters. The van der Waals surface area contributed by atoms with Crippen molar-refractivity contribution >= 4 is 17.6 Å². The number of rotatable bonds is 1. The fourth-order valence-corrected chi connectivity index (χ4v) is 1.72. The maximum Gasteiger partial charge on any atom is 0.338 e. The van der Waals surface area contributed by atoms with E-state index in [2.05, 4.69) is 4.98 Å². The highest BCUT2D eigenvalue weighted by molar-refractivity contribution is 6.32. The summed E-state index contributed by atoms with van der Waals surface area (Å²) in [5.74, 6) is -1.05. The molecular formula is C11H14ClNO2. The summed E-state index contributed by atoms with van der Waals surface area (Å²) in [6.07, 6.45) is 0. The smallest absolute Gasteiger partial charge is 0.338 e. The first-order valence-electron chi connectivity index (χ1n) is 4.64. The third kappa shape index (κ3) is 2.48. The molecule has 1 aromatic rings. The van der Waals surface area contributed by atoms with Crippen LogP contribution in [0, 0.1) is 6.92 Å². The van der Waals surface area contributed by atoms with Gasteiger partial charge in [-0.3, -0.25) is 0 Å². The van der Waals surface area contributed by atoms with Crippen LogP contribution in [0.15, 0.2) is 6.07 Å². The van der Waals surface area contributed by atoms with Crippen molar-refractivity contribution in [3.8, 4) is 0 Å². The Morgan fingerprint density at radius 2 is 2.00 bits per heavy atom. The van der Waals surface area contributed by atoms with Gasteiger partial charge >= 0.3 is 5.97 Å². The van der Waals surface area contributed by atoms with Gasteiger partial charge in [-0.05, 0) is 18.6 Å². The number of aromatic nitrogens is 1. The van der Waals surface area contributed by atoms with E-state index in [1.807, 2.05) is 27.7 Å². The van der Waals surface area contributed by atoms with Gasteiger partial charge in [-0.25, -0.2) is 9.78 Å². The van der Waals surface area contributed by atoms with Crippen molar-refractivity contribution in [2.24, 2.45) is 0 Å². The van der Waals surface area contributed by atoms with Gasteiger partial charge in [0.2, 0.25) is 0 Å². The van der Waals surface area contributed by atoms with Crippen LogP contribution in [-0.4, -0.2) is 16.1 Å². The zero-order valence-electron chi connectivity index (χ0n) is 9.26. The molecule has 0 amide bonds. The third-order valence-electron chi connectivity index (χ3n) is 2.11. The molecule has 0 aromatic carbocycles. The number of aromatic carboxylic acids is 1. The third-order valence-corrected chi connectivity index (χ3v) is 2.40. The van der Waals surface area contributed by atoms with Crippen LogP contribution in [0.5, 0.6) is 0 Å². The first-order chi connectivity index (χ1) is 6.73. The number of carboxylic acid groups (broad SMARTS) is 1. The number of aryl methyl sites for hydroxylation is 1. The van der Waals surface area contributed by atoms with Gasteiger partial charge in [-0.1, -0.05) is 32.4 Å². The maximum atomic E-state index is 10.8. The molecule has 0 spiro atoms. The molecule has 0 saturated carbocycles. The lowest BCUT2D eigenvalue weighted by molar-refractivity contribution is 0.0696. The molecule has 1 N–H and O–H groups in total. The van der Waals surface area contributed by atoms with Gasteiger partial charge in [-0.15, -0.1) is 0 Å². The molecular weight excluding hydrogens is 214 g/mol. The zero-order chi connectivity index (χ0) is 11.8. The minimum atomic E-state index is -1.05. The van der Waals surface area contributed by atoms with Crippen LogP contribution >= 0.6 is 11.6 Å². The largest absolute Gasteiger partial charge is 0.478 e. The molecule has 15 heavy (non-hydrogen) atoms. The standard InChI is InChI=1S/C11H14ClNO2/c1-6-5-7(10(14)15)9(12)13-8(6)11(2,3)4/h5H,1-4H3,(H,14,15). The van der Waals surface area contributed by atoms with E-state index in [0.29, 0.717) is 0 Å². The first-order valence-corrected chi connectivity index (χ1v) is 5.02. The maximum absolute atomic E-state index is 10.8. The number of carboxylic acids is 1. The van der Waals surface area contributed by atoms with Crippen LogP contribution in [0.2, 0.25) is 5.15 Å². The summed E-state index contributed by atoms with van der Waals surface area (Å²) < 4.78 is 0. The van der Waals surface area contributed by atoms with Crippen molar-refractivity contribution < 1.29 is 9.90 Å². The second-order valence-electron chi connectivity index (χ2n) is 4.55. The fourth-order valence-electron chi connectivity index (χ4n) is 1.50. The first kappa shape index (κ1) is 12.0. The second kappa shape index (κ2) is 3.81. The van der Waals surface area contributed by atoms with Gasteiger partial charge in [0.15, 0.2) is 0 Å². The van der Waals surface area contributed by atoms with E-state index >= 15 is 0 Å². The Hall–Kier alpha value is -1.09. The molecule has 0 fully saturated rings. The molecule has 1 aromatic heterocycles. The number of pyridine rings is 1. The number of hydrogen-bond donors (Lipinski definition) is 1. The van der Waals surface area contributed by atoms with Crippen molar-refractivity contribution in [2.75, 3.05) is 0 Å². The van der Waals surface area contributed by atoms with Gasteiger partial charge in [0.05, 0.1) is 11.3 Å². The molecule has 3 nitrogen and oxygen atoms in total. The molecule has 1 rings (SSSR count). The Balaban J connectivity index is 3.39. The molecule has 82 valence electrons. The summed E-state index contributed by atoms with van der Waals surface area (Å²) in [6, 6.07) is 1.57. The van der Waals surface area contributed by atoms with Gasteiger partial charge in [0, 0.05) is 5.41 Å². The van der Waals surface area contributed by atoms with Crippen LogP contribution in [0.1, 0.15) is 42.4 Å². The highest BCUT2D eigenvalue weighted by atomic mass is 35.5. The molecule has 0 radical (unpaired) electrons. The normalized spacial score (nSPS) is 11.5. The highest BCUT2D eigenvalue weighted by Gasteiger charge is 2.21. The summed E-state index contributed by atoms with van der Waals surface area (Å²) in [5, 5.41) is 8.91. The van der Waals surface area contributed by atoms with Crippen LogP contribution in [0.3, 0.4) is 0 Å². The van der Waals surface area contributed by atoms with E-state index in [9.17, 15) is 4.79 Å². The summed E-state index contributed by atoms with van der Waals surface area (Å²) >= 11 is 5.81.